The topological polar surface area (TPSA) is 52.7 Å². The van der Waals surface area contributed by atoms with Crippen LogP contribution >= 0.6 is 34.9 Å². The molecule has 2 aromatic carbocycles. The summed E-state index contributed by atoms with van der Waals surface area (Å²) < 4.78 is 10.0. The van der Waals surface area contributed by atoms with Crippen LogP contribution in [-0.2, 0) is 22.7 Å². The molecule has 0 N–H and O–H groups in total. The number of ether oxygens (including phenoxy) is 1. The molecule has 0 radical (unpaired) electrons. The fraction of sp³-hybridized carbons (Fsp3) is 0.0870. The zero-order valence-corrected chi connectivity index (χ0v) is 18.6. The molecule has 0 atom stereocenters. The Labute approximate surface area is 190 Å². The lowest BCUT2D eigenvalue weighted by molar-refractivity contribution is -0.145. The Morgan fingerprint density at radius 1 is 1.00 bits per heavy atom. The predicted octanol–water partition coefficient (Wildman–Crippen LogP) is 5.52. The van der Waals surface area contributed by atoms with E-state index >= 15 is 0 Å². The van der Waals surface area contributed by atoms with Crippen molar-refractivity contribution in [1.82, 2.24) is 8.97 Å². The maximum absolute atomic E-state index is 13.3. The number of thiophene rings is 1. The standard InChI is InChI=1S/C23H16N2O3S3/c26-18(28-14-15-7-3-1-4-8-15)13-24-21-19(16-9-5-2-6-10-16)31-23(29)25(21)17-11-12-30-20(17)22(24)27/h1-12H,13-14H2. The summed E-state index contributed by atoms with van der Waals surface area (Å²) in [7, 11) is 0. The second-order valence-corrected chi connectivity index (χ2v) is 9.45. The molecule has 0 bridgehead atoms. The Balaban J connectivity index is 1.64. The number of thiazole rings is 1. The van der Waals surface area contributed by atoms with E-state index in [9.17, 15) is 9.59 Å². The molecule has 8 heteroatoms. The van der Waals surface area contributed by atoms with Crippen molar-refractivity contribution in [1.29, 1.82) is 0 Å². The van der Waals surface area contributed by atoms with Gasteiger partial charge in [0.25, 0.3) is 5.56 Å². The predicted molar refractivity (Wildman–Crippen MR) is 127 cm³/mol. The molecule has 0 spiro atoms. The molecule has 5 aromatic rings. The molecule has 0 fully saturated rings. The first kappa shape index (κ1) is 19.9. The first-order chi connectivity index (χ1) is 15.1. The van der Waals surface area contributed by atoms with E-state index in [4.69, 9.17) is 17.0 Å². The second-order valence-electron chi connectivity index (χ2n) is 6.89. The van der Waals surface area contributed by atoms with E-state index in [1.807, 2.05) is 76.5 Å². The minimum Gasteiger partial charge on any atom is -0.459 e. The van der Waals surface area contributed by atoms with E-state index in [1.165, 1.54) is 27.2 Å². The monoisotopic (exact) mass is 464 g/mol. The molecular weight excluding hydrogens is 448 g/mol. The van der Waals surface area contributed by atoms with Gasteiger partial charge in [-0.25, -0.2) is 0 Å². The van der Waals surface area contributed by atoms with Crippen LogP contribution in [0.4, 0.5) is 0 Å². The summed E-state index contributed by atoms with van der Waals surface area (Å²) in [6.07, 6.45) is 0. The van der Waals surface area contributed by atoms with Gasteiger partial charge in [0.15, 0.2) is 3.95 Å². The Hall–Kier alpha value is -3.07. The summed E-state index contributed by atoms with van der Waals surface area (Å²) in [6.45, 7) is -0.0260. The van der Waals surface area contributed by atoms with Crippen molar-refractivity contribution in [2.75, 3.05) is 0 Å². The highest BCUT2D eigenvalue weighted by atomic mass is 32.1. The first-order valence-corrected chi connectivity index (χ1v) is 11.6. The molecule has 5 rings (SSSR count). The minimum atomic E-state index is -0.472. The third-order valence-electron chi connectivity index (χ3n) is 4.93. The highest BCUT2D eigenvalue weighted by molar-refractivity contribution is 7.73. The van der Waals surface area contributed by atoms with Crippen LogP contribution in [0.15, 0.2) is 76.9 Å². The lowest BCUT2D eigenvalue weighted by Gasteiger charge is -2.12. The van der Waals surface area contributed by atoms with Gasteiger partial charge in [-0.15, -0.1) is 22.7 Å². The van der Waals surface area contributed by atoms with E-state index in [0.29, 0.717) is 14.3 Å². The molecule has 0 aliphatic rings. The minimum absolute atomic E-state index is 0.160. The normalized spacial score (nSPS) is 11.2. The van der Waals surface area contributed by atoms with Crippen molar-refractivity contribution in [3.05, 3.63) is 92.0 Å². The van der Waals surface area contributed by atoms with Crippen molar-refractivity contribution in [2.45, 2.75) is 13.2 Å². The molecular formula is C23H16N2O3S3. The van der Waals surface area contributed by atoms with E-state index in [1.54, 1.807) is 0 Å². The van der Waals surface area contributed by atoms with E-state index in [2.05, 4.69) is 0 Å². The van der Waals surface area contributed by atoms with Crippen LogP contribution in [0, 0.1) is 3.95 Å². The van der Waals surface area contributed by atoms with Gasteiger partial charge in [0.1, 0.15) is 23.5 Å². The van der Waals surface area contributed by atoms with Crippen LogP contribution < -0.4 is 5.56 Å². The summed E-state index contributed by atoms with van der Waals surface area (Å²) in [4.78, 5) is 26.9. The van der Waals surface area contributed by atoms with Crippen LogP contribution in [-0.4, -0.2) is 14.9 Å². The van der Waals surface area contributed by atoms with Gasteiger partial charge in [0, 0.05) is 0 Å². The largest absolute Gasteiger partial charge is 0.459 e. The van der Waals surface area contributed by atoms with Gasteiger partial charge < -0.3 is 4.74 Å². The number of nitrogens with zero attached hydrogens (tertiary/aromatic N) is 2. The number of aromatic nitrogens is 2. The molecule has 31 heavy (non-hydrogen) atoms. The zero-order chi connectivity index (χ0) is 21.4. The van der Waals surface area contributed by atoms with Crippen LogP contribution in [0.1, 0.15) is 5.56 Å². The zero-order valence-electron chi connectivity index (χ0n) is 16.2. The van der Waals surface area contributed by atoms with Crippen molar-refractivity contribution in [3.63, 3.8) is 0 Å². The molecule has 0 unspecified atom stereocenters. The van der Waals surface area contributed by atoms with Gasteiger partial charge in [-0.1, -0.05) is 60.7 Å². The fourth-order valence-corrected chi connectivity index (χ4v) is 5.77. The third-order valence-corrected chi connectivity index (χ3v) is 7.24. The molecule has 0 saturated heterocycles. The third kappa shape index (κ3) is 3.63. The fourth-order valence-electron chi connectivity index (χ4n) is 3.52. The average molecular weight is 465 g/mol. The van der Waals surface area contributed by atoms with E-state index in [0.717, 1.165) is 21.5 Å². The number of rotatable bonds is 5. The van der Waals surface area contributed by atoms with Crippen molar-refractivity contribution in [2.24, 2.45) is 0 Å². The molecule has 5 nitrogen and oxygen atoms in total. The quantitative estimate of drug-likeness (QED) is 0.254. The van der Waals surface area contributed by atoms with Crippen LogP contribution in [0.25, 0.3) is 26.3 Å². The molecule has 154 valence electrons. The van der Waals surface area contributed by atoms with Gasteiger partial charge in [0.05, 0.1) is 10.4 Å². The highest BCUT2D eigenvalue weighted by Gasteiger charge is 2.20. The number of esters is 1. The molecule has 0 saturated carbocycles. The number of carbonyl (C=O) groups excluding carboxylic acids is 1. The molecule has 3 heterocycles. The smallest absolute Gasteiger partial charge is 0.326 e. The van der Waals surface area contributed by atoms with Crippen molar-refractivity contribution >= 4 is 56.7 Å². The number of hydrogen-bond acceptors (Lipinski definition) is 6. The Morgan fingerprint density at radius 3 is 2.45 bits per heavy atom. The summed E-state index contributed by atoms with van der Waals surface area (Å²) in [5, 5.41) is 1.87. The van der Waals surface area contributed by atoms with Gasteiger partial charge in [-0.2, -0.15) is 0 Å². The van der Waals surface area contributed by atoms with E-state index < -0.39 is 5.97 Å². The molecule has 0 aliphatic heterocycles. The SMILES string of the molecule is O=C(Cn1c(=O)c2sccc2n2c(=S)sc(-c3ccccc3)c12)OCc1ccccc1. The summed E-state index contributed by atoms with van der Waals surface area (Å²) in [5.74, 6) is -0.472. The van der Waals surface area contributed by atoms with Gasteiger partial charge in [-0.05, 0) is 34.8 Å². The number of carbonyl (C=O) groups is 1. The Morgan fingerprint density at radius 2 is 1.71 bits per heavy atom. The molecule has 3 aromatic heterocycles. The van der Waals surface area contributed by atoms with E-state index in [-0.39, 0.29) is 18.7 Å². The Kier molecular flexibility index (Phi) is 5.27. The Bertz CT molecular complexity index is 1510. The second kappa shape index (κ2) is 8.22. The highest BCUT2D eigenvalue weighted by Crippen LogP contribution is 2.33. The van der Waals surface area contributed by atoms with Gasteiger partial charge in [-0.3, -0.25) is 18.6 Å². The average Bonchev–Trinajstić information content (AvgIpc) is 3.41. The lowest BCUT2D eigenvalue weighted by Crippen LogP contribution is -2.27. The van der Waals surface area contributed by atoms with Crippen LogP contribution in [0.5, 0.6) is 0 Å². The molecule has 0 aliphatic carbocycles. The maximum Gasteiger partial charge on any atom is 0.326 e. The first-order valence-electron chi connectivity index (χ1n) is 9.54. The van der Waals surface area contributed by atoms with Gasteiger partial charge >= 0.3 is 5.97 Å². The number of hydrogen-bond donors (Lipinski definition) is 0. The van der Waals surface area contributed by atoms with Crippen molar-refractivity contribution in [3.8, 4) is 10.4 Å². The van der Waals surface area contributed by atoms with Crippen molar-refractivity contribution < 1.29 is 9.53 Å². The summed E-state index contributed by atoms with van der Waals surface area (Å²) in [5.41, 5.74) is 3.01. The maximum atomic E-state index is 13.3. The number of benzene rings is 2. The number of fused-ring (bicyclic) bond motifs is 3. The summed E-state index contributed by atoms with van der Waals surface area (Å²) in [6, 6.07) is 21.1. The van der Waals surface area contributed by atoms with Crippen LogP contribution in [0.3, 0.4) is 0 Å². The summed E-state index contributed by atoms with van der Waals surface area (Å²) >= 11 is 8.43. The van der Waals surface area contributed by atoms with Crippen LogP contribution in [0.2, 0.25) is 0 Å². The van der Waals surface area contributed by atoms with Gasteiger partial charge in [0.2, 0.25) is 0 Å². The molecule has 0 amide bonds. The lowest BCUT2D eigenvalue weighted by atomic mass is 10.2.